The third kappa shape index (κ3) is 4.31. The number of sulfone groups is 1. The molecule has 5 nitrogen and oxygen atoms in total. The first-order valence-corrected chi connectivity index (χ1v) is 8.46. The average Bonchev–Trinajstić information content (AvgIpc) is 2.76. The van der Waals surface area contributed by atoms with Crippen LogP contribution in [-0.4, -0.2) is 30.9 Å². The molecule has 110 valence electrons. The Hall–Kier alpha value is -1.40. The van der Waals surface area contributed by atoms with Gasteiger partial charge in [0.1, 0.15) is 0 Å². The molecule has 1 heterocycles. The van der Waals surface area contributed by atoms with Gasteiger partial charge in [0, 0.05) is 13.0 Å². The molecule has 1 atom stereocenters. The van der Waals surface area contributed by atoms with Crippen molar-refractivity contribution >= 4 is 15.7 Å². The minimum atomic E-state index is -2.92. The number of rotatable bonds is 5. The van der Waals surface area contributed by atoms with Crippen LogP contribution in [0.5, 0.6) is 0 Å². The van der Waals surface area contributed by atoms with E-state index in [-0.39, 0.29) is 36.4 Å². The molecule has 1 aliphatic heterocycles. The zero-order valence-electron chi connectivity index (χ0n) is 11.2. The predicted octanol–water partition coefficient (Wildman–Crippen LogP) is 0.620. The van der Waals surface area contributed by atoms with Gasteiger partial charge < -0.3 is 10.4 Å². The van der Waals surface area contributed by atoms with E-state index in [1.54, 1.807) is 0 Å². The molecule has 0 radical (unpaired) electrons. The van der Waals surface area contributed by atoms with E-state index in [2.05, 4.69) is 5.32 Å². The van der Waals surface area contributed by atoms with Crippen molar-refractivity contribution in [2.24, 2.45) is 5.92 Å². The zero-order chi connectivity index (χ0) is 14.6. The van der Waals surface area contributed by atoms with E-state index in [1.165, 1.54) is 0 Å². The molecular weight excluding hydrogens is 278 g/mol. The van der Waals surface area contributed by atoms with Crippen molar-refractivity contribution in [3.05, 3.63) is 35.4 Å². The molecule has 1 saturated heterocycles. The predicted molar refractivity (Wildman–Crippen MR) is 75.6 cm³/mol. The molecule has 0 aromatic heterocycles. The SMILES string of the molecule is O=C(CC1CCS(=O)(=O)C1)NCc1cccc(CO)c1. The molecule has 0 spiro atoms. The van der Waals surface area contributed by atoms with Crippen molar-refractivity contribution in [3.8, 4) is 0 Å². The molecule has 20 heavy (non-hydrogen) atoms. The number of aliphatic hydroxyl groups is 1. The van der Waals surface area contributed by atoms with Gasteiger partial charge in [-0.25, -0.2) is 8.42 Å². The maximum absolute atomic E-state index is 11.8. The molecule has 0 aliphatic carbocycles. The first-order valence-electron chi connectivity index (χ1n) is 6.64. The molecule has 1 aromatic carbocycles. The summed E-state index contributed by atoms with van der Waals surface area (Å²) in [5, 5.41) is 11.8. The molecule has 2 N–H and O–H groups in total. The average molecular weight is 297 g/mol. The topological polar surface area (TPSA) is 83.5 Å². The molecule has 0 saturated carbocycles. The Labute approximate surface area is 118 Å². The molecule has 1 unspecified atom stereocenters. The highest BCUT2D eigenvalue weighted by Crippen LogP contribution is 2.21. The van der Waals surface area contributed by atoms with Crippen LogP contribution in [0.25, 0.3) is 0 Å². The number of benzene rings is 1. The molecule has 1 aromatic rings. The van der Waals surface area contributed by atoms with E-state index in [0.29, 0.717) is 13.0 Å². The van der Waals surface area contributed by atoms with Crippen LogP contribution in [0.4, 0.5) is 0 Å². The fourth-order valence-corrected chi connectivity index (χ4v) is 4.27. The zero-order valence-corrected chi connectivity index (χ0v) is 12.0. The molecule has 2 rings (SSSR count). The second kappa shape index (κ2) is 6.37. The lowest BCUT2D eigenvalue weighted by atomic mass is 10.0. The van der Waals surface area contributed by atoms with Crippen LogP contribution in [0.1, 0.15) is 24.0 Å². The van der Waals surface area contributed by atoms with Crippen LogP contribution >= 0.6 is 0 Å². The molecule has 1 aliphatic rings. The van der Waals surface area contributed by atoms with E-state index in [9.17, 15) is 13.2 Å². The normalized spacial score (nSPS) is 20.8. The number of carbonyl (C=O) groups excluding carboxylic acids is 1. The number of hydrogen-bond acceptors (Lipinski definition) is 4. The summed E-state index contributed by atoms with van der Waals surface area (Å²) in [7, 11) is -2.92. The fraction of sp³-hybridized carbons (Fsp3) is 0.500. The highest BCUT2D eigenvalue weighted by Gasteiger charge is 2.29. The number of nitrogens with one attached hydrogen (secondary N) is 1. The highest BCUT2D eigenvalue weighted by atomic mass is 32.2. The van der Waals surface area contributed by atoms with Crippen molar-refractivity contribution in [2.45, 2.75) is 26.0 Å². The van der Waals surface area contributed by atoms with Gasteiger partial charge in [0.05, 0.1) is 18.1 Å². The first-order chi connectivity index (χ1) is 9.48. The molecule has 1 fully saturated rings. The van der Waals surface area contributed by atoms with Crippen LogP contribution in [0.2, 0.25) is 0 Å². The third-order valence-electron chi connectivity index (χ3n) is 3.46. The van der Waals surface area contributed by atoms with Gasteiger partial charge in [-0.05, 0) is 23.5 Å². The van der Waals surface area contributed by atoms with Crippen molar-refractivity contribution in [1.29, 1.82) is 0 Å². The lowest BCUT2D eigenvalue weighted by Crippen LogP contribution is -2.25. The first kappa shape index (κ1) is 15.0. The van der Waals surface area contributed by atoms with Crippen molar-refractivity contribution in [2.75, 3.05) is 11.5 Å². The molecule has 1 amide bonds. The van der Waals surface area contributed by atoms with Gasteiger partial charge in [-0.15, -0.1) is 0 Å². The van der Waals surface area contributed by atoms with Crippen molar-refractivity contribution in [1.82, 2.24) is 5.32 Å². The Morgan fingerprint density at radius 1 is 1.35 bits per heavy atom. The van der Waals surface area contributed by atoms with E-state index < -0.39 is 9.84 Å². The maximum Gasteiger partial charge on any atom is 0.220 e. The number of carbonyl (C=O) groups is 1. The van der Waals surface area contributed by atoms with Gasteiger partial charge in [-0.1, -0.05) is 24.3 Å². The Kier molecular flexibility index (Phi) is 4.77. The van der Waals surface area contributed by atoms with Gasteiger partial charge in [0.15, 0.2) is 9.84 Å². The minimum absolute atomic E-state index is 0.0261. The van der Waals surface area contributed by atoms with Crippen LogP contribution in [0.3, 0.4) is 0 Å². The van der Waals surface area contributed by atoms with Gasteiger partial charge in [-0.3, -0.25) is 4.79 Å². The number of hydrogen-bond donors (Lipinski definition) is 2. The van der Waals surface area contributed by atoms with Crippen molar-refractivity contribution < 1.29 is 18.3 Å². The smallest absolute Gasteiger partial charge is 0.220 e. The lowest BCUT2D eigenvalue weighted by molar-refractivity contribution is -0.122. The van der Waals surface area contributed by atoms with Crippen LogP contribution in [0, 0.1) is 5.92 Å². The van der Waals surface area contributed by atoms with E-state index in [0.717, 1.165) is 11.1 Å². The molecule has 0 bridgehead atoms. The number of aliphatic hydroxyl groups excluding tert-OH is 1. The van der Waals surface area contributed by atoms with Crippen molar-refractivity contribution in [3.63, 3.8) is 0 Å². The summed E-state index contributed by atoms with van der Waals surface area (Å²) in [5.41, 5.74) is 1.72. The van der Waals surface area contributed by atoms with E-state index in [1.807, 2.05) is 24.3 Å². The van der Waals surface area contributed by atoms with Gasteiger partial charge in [0.2, 0.25) is 5.91 Å². The second-order valence-corrected chi connectivity index (χ2v) is 7.46. The fourth-order valence-electron chi connectivity index (χ4n) is 2.41. The standard InChI is InChI=1S/C14H19NO4S/c16-9-12-3-1-2-11(6-12)8-15-14(17)7-13-4-5-20(18,19)10-13/h1-3,6,13,16H,4-5,7-10H2,(H,15,17). The summed E-state index contributed by atoms with van der Waals surface area (Å²) < 4.78 is 22.6. The van der Waals surface area contributed by atoms with Crippen LogP contribution in [-0.2, 0) is 27.8 Å². The summed E-state index contributed by atoms with van der Waals surface area (Å²) in [5.74, 6) is 0.148. The van der Waals surface area contributed by atoms with E-state index >= 15 is 0 Å². The van der Waals surface area contributed by atoms with Crippen LogP contribution in [0.15, 0.2) is 24.3 Å². The number of amides is 1. The summed E-state index contributed by atoms with van der Waals surface area (Å²) in [6.45, 7) is 0.369. The van der Waals surface area contributed by atoms with Gasteiger partial charge >= 0.3 is 0 Å². The Morgan fingerprint density at radius 2 is 2.10 bits per heavy atom. The lowest BCUT2D eigenvalue weighted by Gasteiger charge is -2.09. The quantitative estimate of drug-likeness (QED) is 0.834. The summed E-state index contributed by atoms with van der Waals surface area (Å²) in [6, 6.07) is 7.35. The Bertz CT molecular complexity index is 583. The summed E-state index contributed by atoms with van der Waals surface area (Å²) in [6.07, 6.45) is 0.842. The Morgan fingerprint density at radius 3 is 2.75 bits per heavy atom. The maximum atomic E-state index is 11.8. The van der Waals surface area contributed by atoms with Crippen LogP contribution < -0.4 is 5.32 Å². The summed E-state index contributed by atoms with van der Waals surface area (Å²) in [4.78, 5) is 11.8. The third-order valence-corrected chi connectivity index (χ3v) is 5.30. The largest absolute Gasteiger partial charge is 0.392 e. The second-order valence-electron chi connectivity index (χ2n) is 5.23. The minimum Gasteiger partial charge on any atom is -0.392 e. The van der Waals surface area contributed by atoms with Gasteiger partial charge in [-0.2, -0.15) is 0 Å². The summed E-state index contributed by atoms with van der Waals surface area (Å²) >= 11 is 0. The van der Waals surface area contributed by atoms with E-state index in [4.69, 9.17) is 5.11 Å². The molecular formula is C14H19NO4S. The Balaban J connectivity index is 1.80. The highest BCUT2D eigenvalue weighted by molar-refractivity contribution is 7.91. The molecule has 6 heteroatoms. The monoisotopic (exact) mass is 297 g/mol. The van der Waals surface area contributed by atoms with Gasteiger partial charge in [0.25, 0.3) is 0 Å².